The largest absolute Gasteiger partial charge is 0.396 e. The molecule has 0 radical (unpaired) electrons. The Morgan fingerprint density at radius 1 is 0.941 bits per heavy atom. The van der Waals surface area contributed by atoms with Crippen molar-refractivity contribution in [1.29, 1.82) is 5.26 Å². The van der Waals surface area contributed by atoms with E-state index >= 15 is 0 Å². The highest BCUT2D eigenvalue weighted by molar-refractivity contribution is 5.94. The SMILES string of the molecule is N#Cc1ccc2nc3ccccc3nc2c1N. The average molecular weight is 220 g/mol. The van der Waals surface area contributed by atoms with Crippen LogP contribution in [0, 0.1) is 11.3 Å². The highest BCUT2D eigenvalue weighted by Gasteiger charge is 2.07. The van der Waals surface area contributed by atoms with Crippen LogP contribution < -0.4 is 5.73 Å². The summed E-state index contributed by atoms with van der Waals surface area (Å²) >= 11 is 0. The van der Waals surface area contributed by atoms with Gasteiger partial charge in [0, 0.05) is 0 Å². The summed E-state index contributed by atoms with van der Waals surface area (Å²) in [5.41, 5.74) is 9.62. The number of hydrogen-bond donors (Lipinski definition) is 1. The van der Waals surface area contributed by atoms with Gasteiger partial charge in [-0.05, 0) is 24.3 Å². The second kappa shape index (κ2) is 3.42. The molecule has 0 aliphatic heterocycles. The van der Waals surface area contributed by atoms with Gasteiger partial charge in [-0.1, -0.05) is 12.1 Å². The fourth-order valence-corrected chi connectivity index (χ4v) is 1.81. The smallest absolute Gasteiger partial charge is 0.114 e. The Kier molecular flexibility index (Phi) is 1.92. The van der Waals surface area contributed by atoms with Crippen LogP contribution in [0.5, 0.6) is 0 Å². The highest BCUT2D eigenvalue weighted by atomic mass is 14.8. The molecule has 1 aromatic heterocycles. The average Bonchev–Trinajstić information content (AvgIpc) is 2.37. The Bertz CT molecular complexity index is 771. The van der Waals surface area contributed by atoms with E-state index < -0.39 is 0 Å². The second-order valence-corrected chi connectivity index (χ2v) is 3.72. The molecular formula is C13H8N4. The van der Waals surface area contributed by atoms with Crippen molar-refractivity contribution in [2.24, 2.45) is 0 Å². The third-order valence-electron chi connectivity index (χ3n) is 2.67. The Hall–Kier alpha value is -2.67. The maximum absolute atomic E-state index is 8.91. The topological polar surface area (TPSA) is 75.6 Å². The van der Waals surface area contributed by atoms with Crippen molar-refractivity contribution in [1.82, 2.24) is 9.97 Å². The van der Waals surface area contributed by atoms with E-state index in [1.54, 1.807) is 12.1 Å². The third-order valence-corrected chi connectivity index (χ3v) is 2.67. The predicted octanol–water partition coefficient (Wildman–Crippen LogP) is 2.24. The molecule has 2 N–H and O–H groups in total. The molecule has 1 heterocycles. The zero-order valence-corrected chi connectivity index (χ0v) is 8.88. The number of nitriles is 1. The molecule has 0 saturated heterocycles. The van der Waals surface area contributed by atoms with Crippen LogP contribution in [0.15, 0.2) is 36.4 Å². The number of fused-ring (bicyclic) bond motifs is 2. The molecule has 0 aliphatic rings. The van der Waals surface area contributed by atoms with Crippen molar-refractivity contribution in [2.75, 3.05) is 5.73 Å². The van der Waals surface area contributed by atoms with Crippen LogP contribution in [0.3, 0.4) is 0 Å². The van der Waals surface area contributed by atoms with Gasteiger partial charge in [0.15, 0.2) is 0 Å². The standard InChI is InChI=1S/C13H8N4/c14-7-8-5-6-11-13(12(8)15)17-10-4-2-1-3-9(10)16-11/h1-6H,15H2. The quantitative estimate of drug-likeness (QED) is 0.465. The molecule has 0 atom stereocenters. The summed E-state index contributed by atoms with van der Waals surface area (Å²) in [6, 6.07) is 13.1. The highest BCUT2D eigenvalue weighted by Crippen LogP contribution is 2.23. The summed E-state index contributed by atoms with van der Waals surface area (Å²) in [4.78, 5) is 8.91. The molecule has 17 heavy (non-hydrogen) atoms. The van der Waals surface area contributed by atoms with Gasteiger partial charge >= 0.3 is 0 Å². The summed E-state index contributed by atoms with van der Waals surface area (Å²) in [5.74, 6) is 0. The molecule has 0 fully saturated rings. The molecule has 0 amide bonds. The molecule has 0 unspecified atom stereocenters. The normalized spacial score (nSPS) is 10.5. The van der Waals surface area contributed by atoms with Gasteiger partial charge in [0.1, 0.15) is 11.6 Å². The van der Waals surface area contributed by atoms with Crippen LogP contribution >= 0.6 is 0 Å². The summed E-state index contributed by atoms with van der Waals surface area (Å²) in [5, 5.41) is 8.91. The number of rotatable bonds is 0. The number of hydrogen-bond acceptors (Lipinski definition) is 4. The van der Waals surface area contributed by atoms with Crippen molar-refractivity contribution < 1.29 is 0 Å². The first-order chi connectivity index (χ1) is 8.29. The fraction of sp³-hybridized carbons (Fsp3) is 0. The predicted molar refractivity (Wildman–Crippen MR) is 66.2 cm³/mol. The van der Waals surface area contributed by atoms with Gasteiger partial charge in [-0.25, -0.2) is 9.97 Å². The van der Waals surface area contributed by atoms with Crippen LogP contribution in [0.2, 0.25) is 0 Å². The first-order valence-electron chi connectivity index (χ1n) is 5.14. The van der Waals surface area contributed by atoms with Gasteiger partial charge < -0.3 is 5.73 Å². The molecular weight excluding hydrogens is 212 g/mol. The lowest BCUT2D eigenvalue weighted by Gasteiger charge is -2.04. The van der Waals surface area contributed by atoms with E-state index in [4.69, 9.17) is 11.0 Å². The van der Waals surface area contributed by atoms with Crippen molar-refractivity contribution in [3.8, 4) is 6.07 Å². The maximum Gasteiger partial charge on any atom is 0.114 e. The number of anilines is 1. The van der Waals surface area contributed by atoms with Gasteiger partial charge in [0.25, 0.3) is 0 Å². The second-order valence-electron chi connectivity index (χ2n) is 3.72. The van der Waals surface area contributed by atoms with Crippen molar-refractivity contribution in [3.05, 3.63) is 42.0 Å². The Labute approximate surface area is 97.3 Å². The van der Waals surface area contributed by atoms with E-state index in [1.807, 2.05) is 30.3 Å². The van der Waals surface area contributed by atoms with Crippen LogP contribution in [0.1, 0.15) is 5.56 Å². The van der Waals surface area contributed by atoms with Gasteiger partial charge in [0.05, 0.1) is 27.8 Å². The molecule has 0 aliphatic carbocycles. The Morgan fingerprint density at radius 3 is 2.35 bits per heavy atom. The fourth-order valence-electron chi connectivity index (χ4n) is 1.81. The monoisotopic (exact) mass is 220 g/mol. The number of aromatic nitrogens is 2. The summed E-state index contributed by atoms with van der Waals surface area (Å²) < 4.78 is 0. The lowest BCUT2D eigenvalue weighted by Crippen LogP contribution is -1.96. The van der Waals surface area contributed by atoms with E-state index in [0.717, 1.165) is 11.0 Å². The molecule has 3 rings (SSSR count). The number of nitrogens with two attached hydrogens (primary N) is 1. The zero-order valence-electron chi connectivity index (χ0n) is 8.88. The Balaban J connectivity index is 2.49. The molecule has 4 nitrogen and oxygen atoms in total. The molecule has 3 aromatic rings. The number of para-hydroxylation sites is 2. The van der Waals surface area contributed by atoms with Crippen molar-refractivity contribution >= 4 is 27.8 Å². The van der Waals surface area contributed by atoms with E-state index in [2.05, 4.69) is 9.97 Å². The van der Waals surface area contributed by atoms with Crippen LogP contribution in [0.25, 0.3) is 22.1 Å². The van der Waals surface area contributed by atoms with E-state index in [9.17, 15) is 0 Å². The van der Waals surface area contributed by atoms with Crippen LogP contribution in [-0.4, -0.2) is 9.97 Å². The zero-order chi connectivity index (χ0) is 11.8. The first-order valence-corrected chi connectivity index (χ1v) is 5.14. The minimum Gasteiger partial charge on any atom is -0.396 e. The number of nitrogens with zero attached hydrogens (tertiary/aromatic N) is 3. The summed E-state index contributed by atoms with van der Waals surface area (Å²) in [7, 11) is 0. The molecule has 0 spiro atoms. The maximum atomic E-state index is 8.91. The van der Waals surface area contributed by atoms with Crippen molar-refractivity contribution in [3.63, 3.8) is 0 Å². The minimum absolute atomic E-state index is 0.392. The van der Waals surface area contributed by atoms with E-state index in [-0.39, 0.29) is 0 Å². The summed E-state index contributed by atoms with van der Waals surface area (Å²) in [6.07, 6.45) is 0. The van der Waals surface area contributed by atoms with Crippen molar-refractivity contribution in [2.45, 2.75) is 0 Å². The van der Waals surface area contributed by atoms with Gasteiger partial charge in [-0.15, -0.1) is 0 Å². The molecule has 2 aromatic carbocycles. The molecule has 0 saturated carbocycles. The lowest BCUT2D eigenvalue weighted by atomic mass is 10.1. The van der Waals surface area contributed by atoms with E-state index in [1.165, 1.54) is 0 Å². The number of nitrogen functional groups attached to an aromatic ring is 1. The Morgan fingerprint density at radius 2 is 1.65 bits per heavy atom. The first kappa shape index (κ1) is 9.55. The lowest BCUT2D eigenvalue weighted by molar-refractivity contribution is 1.39. The minimum atomic E-state index is 0.392. The van der Waals surface area contributed by atoms with Crippen LogP contribution in [0.4, 0.5) is 5.69 Å². The molecule has 80 valence electrons. The molecule has 4 heteroatoms. The van der Waals surface area contributed by atoms with Gasteiger partial charge in [-0.2, -0.15) is 5.26 Å². The van der Waals surface area contributed by atoms with Gasteiger partial charge in [-0.3, -0.25) is 0 Å². The van der Waals surface area contributed by atoms with E-state index in [0.29, 0.717) is 22.3 Å². The summed E-state index contributed by atoms with van der Waals surface area (Å²) in [6.45, 7) is 0. The third kappa shape index (κ3) is 1.37. The number of benzene rings is 2. The molecule has 0 bridgehead atoms. The van der Waals surface area contributed by atoms with Gasteiger partial charge in [0.2, 0.25) is 0 Å². The van der Waals surface area contributed by atoms with Crippen LogP contribution in [-0.2, 0) is 0 Å².